The quantitative estimate of drug-likeness (QED) is 0.911. The predicted molar refractivity (Wildman–Crippen MR) is 68.2 cm³/mol. The minimum Gasteiger partial charge on any atom is -0.457 e. The maximum atomic E-state index is 13.5. The molecule has 0 aliphatic rings. The number of ether oxygens (including phenoxy) is 1. The highest BCUT2D eigenvalue weighted by Gasteiger charge is 2.14. The van der Waals surface area contributed by atoms with Crippen LogP contribution in [0.5, 0.6) is 11.5 Å². The van der Waals surface area contributed by atoms with Gasteiger partial charge in [-0.1, -0.05) is 0 Å². The molecular formula is C15H13F3O2. The second kappa shape index (κ2) is 5.54. The van der Waals surface area contributed by atoms with E-state index < -0.39 is 23.6 Å². The molecule has 0 heterocycles. The first-order valence-electron chi connectivity index (χ1n) is 5.99. The first kappa shape index (κ1) is 14.4. The maximum Gasteiger partial charge on any atom is 0.133 e. The summed E-state index contributed by atoms with van der Waals surface area (Å²) >= 11 is 0. The zero-order chi connectivity index (χ0) is 14.9. The molecule has 2 aromatic rings. The van der Waals surface area contributed by atoms with Crippen molar-refractivity contribution in [2.75, 3.05) is 0 Å². The molecule has 0 saturated heterocycles. The molecule has 2 aromatic carbocycles. The Morgan fingerprint density at radius 1 is 1.00 bits per heavy atom. The molecule has 2 rings (SSSR count). The van der Waals surface area contributed by atoms with Crippen molar-refractivity contribution < 1.29 is 23.0 Å². The van der Waals surface area contributed by atoms with Gasteiger partial charge < -0.3 is 9.84 Å². The molecule has 0 radical (unpaired) electrons. The molecule has 5 heteroatoms. The van der Waals surface area contributed by atoms with Crippen LogP contribution < -0.4 is 4.74 Å². The number of aliphatic hydroxyl groups is 1. The van der Waals surface area contributed by atoms with E-state index in [4.69, 9.17) is 4.74 Å². The van der Waals surface area contributed by atoms with E-state index in [-0.39, 0.29) is 17.1 Å². The summed E-state index contributed by atoms with van der Waals surface area (Å²) in [5.74, 6) is -1.95. The Kier molecular flexibility index (Phi) is 3.99. The summed E-state index contributed by atoms with van der Waals surface area (Å²) in [4.78, 5) is 0. The molecule has 0 unspecified atom stereocenters. The van der Waals surface area contributed by atoms with Crippen LogP contribution in [0.3, 0.4) is 0 Å². The Bertz CT molecular complexity index is 619. The van der Waals surface area contributed by atoms with Gasteiger partial charge >= 0.3 is 0 Å². The summed E-state index contributed by atoms with van der Waals surface area (Å²) in [5, 5.41) is 9.61. The van der Waals surface area contributed by atoms with Crippen LogP contribution in [-0.2, 0) is 0 Å². The summed E-state index contributed by atoms with van der Waals surface area (Å²) in [7, 11) is 0. The van der Waals surface area contributed by atoms with E-state index in [0.29, 0.717) is 5.56 Å². The van der Waals surface area contributed by atoms with Crippen LogP contribution in [0, 0.1) is 24.4 Å². The Morgan fingerprint density at radius 3 is 2.15 bits per heavy atom. The van der Waals surface area contributed by atoms with Gasteiger partial charge in [0.05, 0.1) is 6.10 Å². The normalized spacial score (nSPS) is 12.3. The molecule has 0 bridgehead atoms. The molecule has 1 N–H and O–H groups in total. The van der Waals surface area contributed by atoms with Crippen molar-refractivity contribution in [3.8, 4) is 11.5 Å². The van der Waals surface area contributed by atoms with Gasteiger partial charge in [0.2, 0.25) is 0 Å². The van der Waals surface area contributed by atoms with E-state index in [1.54, 1.807) is 0 Å². The molecule has 0 amide bonds. The van der Waals surface area contributed by atoms with Crippen molar-refractivity contribution in [1.29, 1.82) is 0 Å². The third kappa shape index (κ3) is 3.11. The van der Waals surface area contributed by atoms with Gasteiger partial charge in [0.1, 0.15) is 29.0 Å². The molecule has 106 valence electrons. The van der Waals surface area contributed by atoms with Crippen LogP contribution in [0.15, 0.2) is 30.3 Å². The fourth-order valence-electron chi connectivity index (χ4n) is 1.80. The van der Waals surface area contributed by atoms with Crippen molar-refractivity contribution in [2.24, 2.45) is 0 Å². The number of hydrogen-bond donors (Lipinski definition) is 1. The molecule has 20 heavy (non-hydrogen) atoms. The molecule has 2 nitrogen and oxygen atoms in total. The highest BCUT2D eigenvalue weighted by Crippen LogP contribution is 2.32. The van der Waals surface area contributed by atoms with Gasteiger partial charge in [-0.3, -0.25) is 0 Å². The van der Waals surface area contributed by atoms with Gasteiger partial charge in [-0.25, -0.2) is 13.2 Å². The smallest absolute Gasteiger partial charge is 0.133 e. The Hall–Kier alpha value is -2.01. The van der Waals surface area contributed by atoms with Crippen LogP contribution in [-0.4, -0.2) is 5.11 Å². The number of rotatable bonds is 3. The highest BCUT2D eigenvalue weighted by molar-refractivity contribution is 5.42. The SMILES string of the molecule is Cc1cc(Oc2cc(F)cc(F)c2)c([C@@H](C)O)cc1F. The van der Waals surface area contributed by atoms with E-state index in [9.17, 15) is 18.3 Å². The summed E-state index contributed by atoms with van der Waals surface area (Å²) < 4.78 is 45.1. The molecule has 0 aliphatic heterocycles. The molecule has 0 fully saturated rings. The highest BCUT2D eigenvalue weighted by atomic mass is 19.1. The van der Waals surface area contributed by atoms with Crippen molar-refractivity contribution in [3.63, 3.8) is 0 Å². The van der Waals surface area contributed by atoms with E-state index >= 15 is 0 Å². The largest absolute Gasteiger partial charge is 0.457 e. The molecule has 0 aromatic heterocycles. The maximum absolute atomic E-state index is 13.5. The summed E-state index contributed by atoms with van der Waals surface area (Å²) in [6.07, 6.45) is -0.974. The number of aliphatic hydroxyl groups excluding tert-OH is 1. The van der Waals surface area contributed by atoms with Gasteiger partial charge in [0, 0.05) is 23.8 Å². The minimum atomic E-state index is -0.974. The first-order valence-corrected chi connectivity index (χ1v) is 5.99. The topological polar surface area (TPSA) is 29.5 Å². The van der Waals surface area contributed by atoms with E-state index in [0.717, 1.165) is 24.3 Å². The average Bonchev–Trinajstić information content (AvgIpc) is 2.31. The molecule has 1 atom stereocenters. The molecule has 0 spiro atoms. The van der Waals surface area contributed by atoms with Crippen LogP contribution in [0.2, 0.25) is 0 Å². The minimum absolute atomic E-state index is 0.0598. The van der Waals surface area contributed by atoms with E-state index in [1.165, 1.54) is 19.9 Å². The zero-order valence-electron chi connectivity index (χ0n) is 11.0. The second-order valence-electron chi connectivity index (χ2n) is 4.52. The lowest BCUT2D eigenvalue weighted by Crippen LogP contribution is -1.99. The van der Waals surface area contributed by atoms with Gasteiger partial charge in [-0.15, -0.1) is 0 Å². The summed E-state index contributed by atoms with van der Waals surface area (Å²) in [6, 6.07) is 5.25. The summed E-state index contributed by atoms with van der Waals surface area (Å²) in [5.41, 5.74) is 0.513. The van der Waals surface area contributed by atoms with Crippen molar-refractivity contribution in [3.05, 3.63) is 58.9 Å². The van der Waals surface area contributed by atoms with E-state index in [1.807, 2.05) is 0 Å². The lowest BCUT2D eigenvalue weighted by atomic mass is 10.1. The molecule has 0 aliphatic carbocycles. The van der Waals surface area contributed by atoms with Gasteiger partial charge in [-0.05, 0) is 31.5 Å². The Labute approximate surface area is 114 Å². The van der Waals surface area contributed by atoms with Gasteiger partial charge in [0.25, 0.3) is 0 Å². The number of halogens is 3. The number of benzene rings is 2. The van der Waals surface area contributed by atoms with Crippen molar-refractivity contribution in [2.45, 2.75) is 20.0 Å². The van der Waals surface area contributed by atoms with E-state index in [2.05, 4.69) is 0 Å². The third-order valence-corrected chi connectivity index (χ3v) is 2.81. The molecule has 0 saturated carbocycles. The fraction of sp³-hybridized carbons (Fsp3) is 0.200. The van der Waals surface area contributed by atoms with Crippen LogP contribution >= 0.6 is 0 Å². The fourth-order valence-corrected chi connectivity index (χ4v) is 1.80. The average molecular weight is 282 g/mol. The monoisotopic (exact) mass is 282 g/mol. The third-order valence-electron chi connectivity index (χ3n) is 2.81. The van der Waals surface area contributed by atoms with Crippen LogP contribution in [0.4, 0.5) is 13.2 Å². The Balaban J connectivity index is 2.44. The second-order valence-corrected chi connectivity index (χ2v) is 4.52. The van der Waals surface area contributed by atoms with Gasteiger partial charge in [0.15, 0.2) is 0 Å². The predicted octanol–water partition coefficient (Wildman–Crippen LogP) is 4.26. The standard InChI is InChI=1S/C15H13F3O2/c1-8-3-15(13(9(2)19)7-14(8)18)20-12-5-10(16)4-11(17)6-12/h3-7,9,19H,1-2H3/t9-/m1/s1. The first-order chi connectivity index (χ1) is 9.36. The lowest BCUT2D eigenvalue weighted by molar-refractivity contribution is 0.195. The molecular weight excluding hydrogens is 269 g/mol. The number of hydrogen-bond acceptors (Lipinski definition) is 2. The van der Waals surface area contributed by atoms with Crippen molar-refractivity contribution in [1.82, 2.24) is 0 Å². The number of aryl methyl sites for hydroxylation is 1. The zero-order valence-corrected chi connectivity index (χ0v) is 11.0. The summed E-state index contributed by atoms with van der Waals surface area (Å²) in [6.45, 7) is 2.98. The van der Waals surface area contributed by atoms with Crippen LogP contribution in [0.1, 0.15) is 24.2 Å². The van der Waals surface area contributed by atoms with Gasteiger partial charge in [-0.2, -0.15) is 0 Å². The van der Waals surface area contributed by atoms with Crippen molar-refractivity contribution >= 4 is 0 Å². The lowest BCUT2D eigenvalue weighted by Gasteiger charge is -2.14. The Morgan fingerprint density at radius 2 is 1.60 bits per heavy atom. The van der Waals surface area contributed by atoms with Crippen LogP contribution in [0.25, 0.3) is 0 Å².